The Labute approximate surface area is 151 Å². The van der Waals surface area contributed by atoms with Crippen LogP contribution in [0.2, 0.25) is 4.34 Å². The summed E-state index contributed by atoms with van der Waals surface area (Å²) in [6, 6.07) is 13.0. The smallest absolute Gasteiger partial charge is 0.225 e. The van der Waals surface area contributed by atoms with Gasteiger partial charge < -0.3 is 10.2 Å². The molecule has 1 heterocycles. The normalized spacial score (nSPS) is 11.8. The van der Waals surface area contributed by atoms with Crippen molar-refractivity contribution in [3.63, 3.8) is 0 Å². The summed E-state index contributed by atoms with van der Waals surface area (Å²) in [5.41, 5.74) is 0.927. The van der Waals surface area contributed by atoms with Crippen molar-refractivity contribution in [1.29, 1.82) is 0 Å². The molecule has 0 bridgehead atoms. The highest BCUT2D eigenvalue weighted by Gasteiger charge is 2.21. The van der Waals surface area contributed by atoms with Gasteiger partial charge in [0.25, 0.3) is 0 Å². The number of amides is 2. The molecule has 1 N–H and O–H groups in total. The molecule has 2 amide bonds. The molecule has 1 aromatic carbocycles. The summed E-state index contributed by atoms with van der Waals surface area (Å²) < 4.78 is 0.717. The minimum absolute atomic E-state index is 0.00428. The second kappa shape index (κ2) is 8.85. The highest BCUT2D eigenvalue weighted by molar-refractivity contribution is 7.16. The Morgan fingerprint density at radius 1 is 1.21 bits per heavy atom. The maximum absolute atomic E-state index is 12.7. The molecule has 2 aromatic rings. The molecular formula is C18H21ClN2O2S. The van der Waals surface area contributed by atoms with E-state index in [0.29, 0.717) is 17.4 Å². The summed E-state index contributed by atoms with van der Waals surface area (Å²) in [6.45, 7) is 4.55. The Balaban J connectivity index is 2.08. The van der Waals surface area contributed by atoms with Crippen molar-refractivity contribution in [1.82, 2.24) is 10.2 Å². The summed E-state index contributed by atoms with van der Waals surface area (Å²) in [7, 11) is 0. The van der Waals surface area contributed by atoms with Crippen LogP contribution in [0, 0.1) is 0 Å². The lowest BCUT2D eigenvalue weighted by molar-refractivity contribution is -0.132. The van der Waals surface area contributed by atoms with Crippen molar-refractivity contribution >= 4 is 34.8 Å². The number of benzene rings is 1. The minimum Gasteiger partial charge on any atom is -0.349 e. The molecule has 4 nitrogen and oxygen atoms in total. The Bertz CT molecular complexity index is 687. The van der Waals surface area contributed by atoms with Gasteiger partial charge in [-0.25, -0.2) is 0 Å². The second-order valence-corrected chi connectivity index (χ2v) is 7.28. The molecule has 0 saturated carbocycles. The summed E-state index contributed by atoms with van der Waals surface area (Å²) in [4.78, 5) is 27.0. The van der Waals surface area contributed by atoms with Gasteiger partial charge in [-0.15, -0.1) is 11.3 Å². The van der Waals surface area contributed by atoms with Crippen LogP contribution in [0.25, 0.3) is 0 Å². The topological polar surface area (TPSA) is 49.4 Å². The van der Waals surface area contributed by atoms with Gasteiger partial charge in [-0.05, 0) is 24.6 Å². The highest BCUT2D eigenvalue weighted by atomic mass is 35.5. The number of nitrogens with one attached hydrogen (secondary N) is 1. The predicted octanol–water partition coefficient (Wildman–Crippen LogP) is 4.02. The third-order valence-electron chi connectivity index (χ3n) is 3.67. The number of carbonyl (C=O) groups excluding carboxylic acids is 2. The third-order valence-corrected chi connectivity index (χ3v) is 4.88. The molecular weight excluding hydrogens is 344 g/mol. The van der Waals surface area contributed by atoms with E-state index < -0.39 is 0 Å². The van der Waals surface area contributed by atoms with Gasteiger partial charge in [0.1, 0.15) is 0 Å². The number of hydrogen-bond acceptors (Lipinski definition) is 3. The largest absolute Gasteiger partial charge is 0.349 e. The van der Waals surface area contributed by atoms with Crippen LogP contribution in [0.5, 0.6) is 0 Å². The van der Waals surface area contributed by atoms with E-state index in [1.807, 2.05) is 49.4 Å². The first-order valence-corrected chi connectivity index (χ1v) is 9.03. The van der Waals surface area contributed by atoms with Crippen LogP contribution in [-0.2, 0) is 16.1 Å². The number of halogens is 1. The van der Waals surface area contributed by atoms with Crippen LogP contribution in [0.15, 0.2) is 42.5 Å². The SMILES string of the molecule is CCN(Cc1ccc(Cl)s1)C(=O)CC(NC(C)=O)c1ccccc1. The molecule has 0 aliphatic rings. The van der Waals surface area contributed by atoms with Crippen LogP contribution >= 0.6 is 22.9 Å². The van der Waals surface area contributed by atoms with Gasteiger partial charge in [0.15, 0.2) is 0 Å². The van der Waals surface area contributed by atoms with E-state index in [-0.39, 0.29) is 24.3 Å². The minimum atomic E-state index is -0.322. The fourth-order valence-electron chi connectivity index (χ4n) is 2.49. The molecule has 0 aliphatic carbocycles. The molecule has 24 heavy (non-hydrogen) atoms. The van der Waals surface area contributed by atoms with Crippen LogP contribution in [0.4, 0.5) is 0 Å². The molecule has 128 valence electrons. The molecule has 1 aromatic heterocycles. The summed E-state index contributed by atoms with van der Waals surface area (Å²) in [6.07, 6.45) is 0.233. The first kappa shape index (κ1) is 18.5. The monoisotopic (exact) mass is 364 g/mol. The van der Waals surface area contributed by atoms with Gasteiger partial charge in [-0.3, -0.25) is 9.59 Å². The average Bonchev–Trinajstić information content (AvgIpc) is 2.97. The zero-order valence-corrected chi connectivity index (χ0v) is 15.4. The van der Waals surface area contributed by atoms with E-state index in [0.717, 1.165) is 10.4 Å². The first-order chi connectivity index (χ1) is 11.5. The zero-order valence-electron chi connectivity index (χ0n) is 13.8. The van der Waals surface area contributed by atoms with E-state index >= 15 is 0 Å². The summed E-state index contributed by atoms with van der Waals surface area (Å²) in [5, 5.41) is 2.87. The Hall–Kier alpha value is -1.85. The van der Waals surface area contributed by atoms with Gasteiger partial charge in [-0.2, -0.15) is 0 Å². The third kappa shape index (κ3) is 5.35. The maximum atomic E-state index is 12.7. The first-order valence-electron chi connectivity index (χ1n) is 7.83. The number of hydrogen-bond donors (Lipinski definition) is 1. The molecule has 6 heteroatoms. The van der Waals surface area contributed by atoms with Crippen LogP contribution in [0.1, 0.15) is 36.8 Å². The predicted molar refractivity (Wildman–Crippen MR) is 98.0 cm³/mol. The lowest BCUT2D eigenvalue weighted by Gasteiger charge is -2.24. The maximum Gasteiger partial charge on any atom is 0.225 e. The van der Waals surface area contributed by atoms with Crippen LogP contribution in [0.3, 0.4) is 0 Å². The number of thiophene rings is 1. The van der Waals surface area contributed by atoms with E-state index in [4.69, 9.17) is 11.6 Å². The van der Waals surface area contributed by atoms with Crippen molar-refractivity contribution in [3.05, 3.63) is 57.2 Å². The molecule has 0 spiro atoms. The number of rotatable bonds is 7. The van der Waals surface area contributed by atoms with Crippen molar-refractivity contribution in [2.75, 3.05) is 6.54 Å². The molecule has 0 fully saturated rings. The van der Waals surface area contributed by atoms with Gasteiger partial charge in [0.05, 0.1) is 23.3 Å². The lowest BCUT2D eigenvalue weighted by Crippen LogP contribution is -2.35. The standard InChI is InChI=1S/C18H21ClN2O2S/c1-3-21(12-15-9-10-17(19)24-15)18(23)11-16(20-13(2)22)14-7-5-4-6-8-14/h4-10,16H,3,11-12H2,1-2H3,(H,20,22). The van der Waals surface area contributed by atoms with Crippen molar-refractivity contribution in [3.8, 4) is 0 Å². The molecule has 1 atom stereocenters. The molecule has 2 rings (SSSR count). The van der Waals surface area contributed by atoms with Crippen molar-refractivity contribution < 1.29 is 9.59 Å². The summed E-state index contributed by atoms with van der Waals surface area (Å²) in [5.74, 6) is -0.144. The summed E-state index contributed by atoms with van der Waals surface area (Å²) >= 11 is 7.43. The van der Waals surface area contributed by atoms with E-state index in [1.54, 1.807) is 4.90 Å². The highest BCUT2D eigenvalue weighted by Crippen LogP contribution is 2.24. The number of carbonyl (C=O) groups is 2. The van der Waals surface area contributed by atoms with E-state index in [1.165, 1.54) is 18.3 Å². The number of nitrogens with zero attached hydrogens (tertiary/aromatic N) is 1. The molecule has 0 radical (unpaired) electrons. The molecule has 0 saturated heterocycles. The van der Waals surface area contributed by atoms with Crippen molar-refractivity contribution in [2.45, 2.75) is 32.9 Å². The van der Waals surface area contributed by atoms with Crippen LogP contribution < -0.4 is 5.32 Å². The van der Waals surface area contributed by atoms with Crippen LogP contribution in [-0.4, -0.2) is 23.3 Å². The molecule has 1 unspecified atom stereocenters. The fraction of sp³-hybridized carbons (Fsp3) is 0.333. The van der Waals surface area contributed by atoms with Gasteiger partial charge >= 0.3 is 0 Å². The van der Waals surface area contributed by atoms with Crippen molar-refractivity contribution in [2.24, 2.45) is 0 Å². The fourth-order valence-corrected chi connectivity index (χ4v) is 3.59. The quantitative estimate of drug-likeness (QED) is 0.806. The Kier molecular flexibility index (Phi) is 6.82. The Morgan fingerprint density at radius 3 is 2.46 bits per heavy atom. The Morgan fingerprint density at radius 2 is 1.92 bits per heavy atom. The average molecular weight is 365 g/mol. The van der Waals surface area contributed by atoms with Gasteiger partial charge in [0.2, 0.25) is 11.8 Å². The molecule has 0 aliphatic heterocycles. The van der Waals surface area contributed by atoms with Gasteiger partial charge in [0, 0.05) is 18.3 Å². The van der Waals surface area contributed by atoms with E-state index in [9.17, 15) is 9.59 Å². The second-order valence-electron chi connectivity index (χ2n) is 5.48. The lowest BCUT2D eigenvalue weighted by atomic mass is 10.0. The zero-order chi connectivity index (χ0) is 17.5. The van der Waals surface area contributed by atoms with Gasteiger partial charge in [-0.1, -0.05) is 41.9 Å². The van der Waals surface area contributed by atoms with E-state index in [2.05, 4.69) is 5.32 Å².